The lowest BCUT2D eigenvalue weighted by Crippen LogP contribution is -2.27. The van der Waals surface area contributed by atoms with Gasteiger partial charge in [0.1, 0.15) is 0 Å². The predicted molar refractivity (Wildman–Crippen MR) is 66.9 cm³/mol. The molecule has 1 heterocycles. The minimum atomic E-state index is -0.940. The highest BCUT2D eigenvalue weighted by atomic mass is 16.4. The summed E-state index contributed by atoms with van der Waals surface area (Å²) in [5.74, 6) is -0.940. The molecule has 17 heavy (non-hydrogen) atoms. The Balaban J connectivity index is 2.26. The van der Waals surface area contributed by atoms with Gasteiger partial charge < -0.3 is 10.8 Å². The van der Waals surface area contributed by atoms with Crippen LogP contribution in [-0.4, -0.2) is 28.6 Å². The maximum atomic E-state index is 11.2. The molecule has 3 N–H and O–H groups in total. The van der Waals surface area contributed by atoms with Crippen molar-refractivity contribution in [1.29, 1.82) is 0 Å². The van der Waals surface area contributed by atoms with E-state index in [1.807, 2.05) is 12.1 Å². The normalized spacial score (nSPS) is 20.6. The van der Waals surface area contributed by atoms with E-state index in [0.29, 0.717) is 18.3 Å². The molecule has 1 fully saturated rings. The zero-order valence-electron chi connectivity index (χ0n) is 10.0. The summed E-state index contributed by atoms with van der Waals surface area (Å²) in [5.41, 5.74) is 7.15. The van der Waals surface area contributed by atoms with E-state index in [9.17, 15) is 9.90 Å². The molecule has 92 valence electrons. The average Bonchev–Trinajstić information content (AvgIpc) is 2.64. The molecule has 1 aromatic rings. The summed E-state index contributed by atoms with van der Waals surface area (Å²) in [7, 11) is 0. The number of nitrogens with two attached hydrogens (primary N) is 1. The summed E-state index contributed by atoms with van der Waals surface area (Å²) in [6.07, 6.45) is 2.37. The van der Waals surface area contributed by atoms with Crippen molar-refractivity contribution in [2.75, 3.05) is 12.3 Å². The number of rotatable bonds is 3. The molecule has 1 aromatic carbocycles. The van der Waals surface area contributed by atoms with E-state index >= 15 is 0 Å². The fraction of sp³-hybridized carbons (Fsp3) is 0.462. The van der Waals surface area contributed by atoms with Crippen LogP contribution in [0.3, 0.4) is 0 Å². The Bertz CT molecular complexity index is 431. The van der Waals surface area contributed by atoms with Crippen LogP contribution in [-0.2, 0) is 6.54 Å². The zero-order chi connectivity index (χ0) is 12.4. The lowest BCUT2D eigenvalue weighted by molar-refractivity contribution is 0.0695. The summed E-state index contributed by atoms with van der Waals surface area (Å²) < 4.78 is 0. The Kier molecular flexibility index (Phi) is 3.33. The van der Waals surface area contributed by atoms with E-state index in [0.717, 1.165) is 12.1 Å². The highest BCUT2D eigenvalue weighted by Gasteiger charge is 2.22. The van der Waals surface area contributed by atoms with Gasteiger partial charge in [-0.25, -0.2) is 4.79 Å². The van der Waals surface area contributed by atoms with Crippen LogP contribution >= 0.6 is 0 Å². The molecule has 2 rings (SSSR count). The Hall–Kier alpha value is -1.55. The van der Waals surface area contributed by atoms with E-state index in [-0.39, 0.29) is 5.56 Å². The minimum absolute atomic E-state index is 0.256. The summed E-state index contributed by atoms with van der Waals surface area (Å²) in [6.45, 7) is 3.89. The molecule has 1 unspecified atom stereocenters. The molecule has 1 saturated heterocycles. The van der Waals surface area contributed by atoms with Gasteiger partial charge in [-0.1, -0.05) is 12.1 Å². The molecular formula is C13H18N2O2. The van der Waals surface area contributed by atoms with Gasteiger partial charge in [0.2, 0.25) is 0 Å². The Morgan fingerprint density at radius 2 is 2.35 bits per heavy atom. The topological polar surface area (TPSA) is 66.6 Å². The first-order chi connectivity index (χ1) is 8.09. The number of carboxylic acid groups (broad SMARTS) is 1. The van der Waals surface area contributed by atoms with Crippen LogP contribution in [0.1, 0.15) is 35.7 Å². The predicted octanol–water partition coefficient (Wildman–Crippen LogP) is 1.95. The van der Waals surface area contributed by atoms with E-state index < -0.39 is 5.97 Å². The van der Waals surface area contributed by atoms with Gasteiger partial charge in [-0.3, -0.25) is 4.90 Å². The van der Waals surface area contributed by atoms with Gasteiger partial charge in [-0.2, -0.15) is 0 Å². The first kappa shape index (κ1) is 11.9. The zero-order valence-corrected chi connectivity index (χ0v) is 10.0. The fourth-order valence-corrected chi connectivity index (χ4v) is 2.46. The monoisotopic (exact) mass is 234 g/mol. The quantitative estimate of drug-likeness (QED) is 0.784. The number of likely N-dealkylation sites (tertiary alicyclic amines) is 1. The van der Waals surface area contributed by atoms with Crippen LogP contribution in [0.5, 0.6) is 0 Å². The number of nitrogens with zero attached hydrogens (tertiary/aromatic N) is 1. The number of aromatic carboxylic acids is 1. The van der Waals surface area contributed by atoms with Crippen LogP contribution in [0.25, 0.3) is 0 Å². The minimum Gasteiger partial charge on any atom is -0.478 e. The smallest absolute Gasteiger partial charge is 0.338 e. The second-order valence-electron chi connectivity index (χ2n) is 4.65. The molecule has 4 heteroatoms. The molecule has 1 aliphatic heterocycles. The van der Waals surface area contributed by atoms with Crippen LogP contribution in [0.4, 0.5) is 5.69 Å². The number of benzene rings is 1. The van der Waals surface area contributed by atoms with Crippen molar-refractivity contribution in [2.24, 2.45) is 0 Å². The average molecular weight is 234 g/mol. The van der Waals surface area contributed by atoms with Crippen LogP contribution in [0, 0.1) is 0 Å². The van der Waals surface area contributed by atoms with Gasteiger partial charge in [-0.15, -0.1) is 0 Å². The molecule has 0 saturated carbocycles. The molecule has 0 aromatic heterocycles. The number of anilines is 1. The summed E-state index contributed by atoms with van der Waals surface area (Å²) in [4.78, 5) is 13.5. The molecule has 4 nitrogen and oxygen atoms in total. The van der Waals surface area contributed by atoms with Crippen LogP contribution < -0.4 is 5.73 Å². The van der Waals surface area contributed by atoms with E-state index in [2.05, 4.69) is 11.8 Å². The number of hydrogen-bond donors (Lipinski definition) is 2. The van der Waals surface area contributed by atoms with Crippen molar-refractivity contribution in [2.45, 2.75) is 32.4 Å². The Labute approximate surface area is 101 Å². The van der Waals surface area contributed by atoms with Crippen molar-refractivity contribution >= 4 is 11.7 Å². The Morgan fingerprint density at radius 1 is 1.59 bits per heavy atom. The number of nitrogen functional groups attached to an aromatic ring is 1. The maximum Gasteiger partial charge on any atom is 0.338 e. The SMILES string of the molecule is CC1CCCN1Cc1cccc(N)c1C(=O)O. The maximum absolute atomic E-state index is 11.2. The van der Waals surface area contributed by atoms with Crippen molar-refractivity contribution in [3.8, 4) is 0 Å². The largest absolute Gasteiger partial charge is 0.478 e. The summed E-state index contributed by atoms with van der Waals surface area (Å²) >= 11 is 0. The molecule has 0 bridgehead atoms. The van der Waals surface area contributed by atoms with Crippen LogP contribution in [0.2, 0.25) is 0 Å². The second-order valence-corrected chi connectivity index (χ2v) is 4.65. The third-order valence-electron chi connectivity index (χ3n) is 3.46. The standard InChI is InChI=1S/C13H18N2O2/c1-9-4-3-7-15(9)8-10-5-2-6-11(14)12(10)13(16)17/h2,5-6,9H,3-4,7-8,14H2,1H3,(H,16,17). The Morgan fingerprint density at radius 3 is 2.94 bits per heavy atom. The number of hydrogen-bond acceptors (Lipinski definition) is 3. The molecular weight excluding hydrogens is 216 g/mol. The van der Waals surface area contributed by atoms with Crippen LogP contribution in [0.15, 0.2) is 18.2 Å². The first-order valence-corrected chi connectivity index (χ1v) is 5.94. The highest BCUT2D eigenvalue weighted by molar-refractivity contribution is 5.95. The van der Waals surface area contributed by atoms with Gasteiger partial charge in [0.05, 0.1) is 5.56 Å². The number of carbonyl (C=O) groups is 1. The number of carboxylic acids is 1. The summed E-state index contributed by atoms with van der Waals surface area (Å²) in [6, 6.07) is 5.83. The van der Waals surface area contributed by atoms with Crippen molar-refractivity contribution in [3.05, 3.63) is 29.3 Å². The fourth-order valence-electron chi connectivity index (χ4n) is 2.46. The van der Waals surface area contributed by atoms with Gasteiger partial charge in [-0.05, 0) is 37.9 Å². The van der Waals surface area contributed by atoms with Gasteiger partial charge in [0, 0.05) is 18.3 Å². The van der Waals surface area contributed by atoms with E-state index in [1.165, 1.54) is 12.8 Å². The lowest BCUT2D eigenvalue weighted by Gasteiger charge is -2.22. The molecule has 0 radical (unpaired) electrons. The van der Waals surface area contributed by atoms with Crippen molar-refractivity contribution in [3.63, 3.8) is 0 Å². The molecule has 1 aliphatic rings. The molecule has 0 spiro atoms. The van der Waals surface area contributed by atoms with Crippen molar-refractivity contribution in [1.82, 2.24) is 4.90 Å². The van der Waals surface area contributed by atoms with E-state index in [4.69, 9.17) is 5.73 Å². The summed E-state index contributed by atoms with van der Waals surface area (Å²) in [5, 5.41) is 9.19. The molecule has 0 amide bonds. The van der Waals surface area contributed by atoms with Gasteiger partial charge in [0.25, 0.3) is 0 Å². The van der Waals surface area contributed by atoms with Gasteiger partial charge in [0.15, 0.2) is 0 Å². The third-order valence-corrected chi connectivity index (χ3v) is 3.46. The molecule has 0 aliphatic carbocycles. The molecule has 1 atom stereocenters. The van der Waals surface area contributed by atoms with E-state index in [1.54, 1.807) is 6.07 Å². The lowest BCUT2D eigenvalue weighted by atomic mass is 10.0. The van der Waals surface area contributed by atoms with Crippen molar-refractivity contribution < 1.29 is 9.90 Å². The second kappa shape index (κ2) is 4.75. The first-order valence-electron chi connectivity index (χ1n) is 5.94. The highest BCUT2D eigenvalue weighted by Crippen LogP contribution is 2.23. The third kappa shape index (κ3) is 2.42. The van der Waals surface area contributed by atoms with Gasteiger partial charge >= 0.3 is 5.97 Å².